The molecule has 1 aromatic carbocycles. The van der Waals surface area contributed by atoms with E-state index in [9.17, 15) is 4.79 Å². The molecule has 0 heterocycles. The van der Waals surface area contributed by atoms with Gasteiger partial charge >= 0.3 is 6.09 Å². The van der Waals surface area contributed by atoms with Crippen molar-refractivity contribution in [3.63, 3.8) is 0 Å². The summed E-state index contributed by atoms with van der Waals surface area (Å²) in [5, 5.41) is 10.9. The van der Waals surface area contributed by atoms with Gasteiger partial charge in [0.1, 0.15) is 0 Å². The molecule has 0 aliphatic rings. The maximum absolute atomic E-state index is 10.4. The minimum absolute atomic E-state index is 0.128. The number of amides is 1. The summed E-state index contributed by atoms with van der Waals surface area (Å²) in [6, 6.07) is 6.18. The third kappa shape index (κ3) is 3.26. The number of benzene rings is 1. The van der Waals surface area contributed by atoms with Crippen molar-refractivity contribution in [1.82, 2.24) is 5.32 Å². The second-order valence-electron chi connectivity index (χ2n) is 5.05. The molecule has 2 N–H and O–H groups in total. The van der Waals surface area contributed by atoms with Crippen LogP contribution in [0, 0.1) is 6.92 Å². The molecule has 88 valence electrons. The van der Waals surface area contributed by atoms with Crippen LogP contribution >= 0.6 is 0 Å². The van der Waals surface area contributed by atoms with Crippen LogP contribution in [0.25, 0.3) is 0 Å². The summed E-state index contributed by atoms with van der Waals surface area (Å²) in [5.74, 6) is 0. The molecule has 0 atom stereocenters. The van der Waals surface area contributed by atoms with Gasteiger partial charge in [-0.15, -0.1) is 0 Å². The Balaban J connectivity index is 2.88. The zero-order chi connectivity index (χ0) is 12.3. The van der Waals surface area contributed by atoms with Gasteiger partial charge in [-0.05, 0) is 29.0 Å². The Morgan fingerprint density at radius 1 is 1.38 bits per heavy atom. The van der Waals surface area contributed by atoms with Crippen LogP contribution in [0.3, 0.4) is 0 Å². The maximum atomic E-state index is 10.4. The van der Waals surface area contributed by atoms with E-state index in [1.165, 1.54) is 5.56 Å². The number of nitrogens with one attached hydrogen (secondary N) is 1. The van der Waals surface area contributed by atoms with E-state index in [1.807, 2.05) is 13.0 Å². The molecule has 1 aromatic rings. The van der Waals surface area contributed by atoms with E-state index in [2.05, 4.69) is 38.2 Å². The standard InChI is InChI=1S/C13H19NO2/c1-9-7-11(13(2,3)4)6-5-10(9)8-14-12(15)16/h5-7,14H,8H2,1-4H3,(H,15,16). The zero-order valence-corrected chi connectivity index (χ0v) is 10.3. The van der Waals surface area contributed by atoms with Crippen molar-refractivity contribution < 1.29 is 9.90 Å². The Morgan fingerprint density at radius 2 is 2.00 bits per heavy atom. The first-order valence-corrected chi connectivity index (χ1v) is 5.37. The smallest absolute Gasteiger partial charge is 0.404 e. The fraction of sp³-hybridized carbons (Fsp3) is 0.462. The highest BCUT2D eigenvalue weighted by molar-refractivity contribution is 5.64. The van der Waals surface area contributed by atoms with Gasteiger partial charge in [-0.25, -0.2) is 4.79 Å². The Hall–Kier alpha value is -1.51. The molecule has 0 saturated heterocycles. The second-order valence-corrected chi connectivity index (χ2v) is 5.05. The Bertz CT molecular complexity index is 391. The Morgan fingerprint density at radius 3 is 2.44 bits per heavy atom. The fourth-order valence-electron chi connectivity index (χ4n) is 1.53. The first-order valence-electron chi connectivity index (χ1n) is 5.37. The SMILES string of the molecule is Cc1cc(C(C)(C)C)ccc1CNC(=O)O. The summed E-state index contributed by atoms with van der Waals surface area (Å²) in [6.07, 6.45) is -0.987. The third-order valence-corrected chi connectivity index (χ3v) is 2.64. The third-order valence-electron chi connectivity index (χ3n) is 2.64. The molecule has 1 amide bonds. The molecule has 0 aromatic heterocycles. The van der Waals surface area contributed by atoms with Crippen LogP contribution in [0.2, 0.25) is 0 Å². The quantitative estimate of drug-likeness (QED) is 0.806. The molecule has 3 nitrogen and oxygen atoms in total. The molecule has 3 heteroatoms. The summed E-state index contributed by atoms with van der Waals surface area (Å²) in [4.78, 5) is 10.4. The average molecular weight is 221 g/mol. The van der Waals surface area contributed by atoms with Crippen molar-refractivity contribution in [2.75, 3.05) is 0 Å². The van der Waals surface area contributed by atoms with E-state index < -0.39 is 6.09 Å². The molecule has 0 fully saturated rings. The molecular formula is C13H19NO2. The van der Waals surface area contributed by atoms with Crippen LogP contribution in [-0.4, -0.2) is 11.2 Å². The lowest BCUT2D eigenvalue weighted by Crippen LogP contribution is -2.20. The van der Waals surface area contributed by atoms with Crippen molar-refractivity contribution in [3.05, 3.63) is 34.9 Å². The minimum atomic E-state index is -0.987. The van der Waals surface area contributed by atoms with E-state index in [0.29, 0.717) is 6.54 Å². The number of hydrogen-bond donors (Lipinski definition) is 2. The average Bonchev–Trinajstić information content (AvgIpc) is 2.14. The highest BCUT2D eigenvalue weighted by atomic mass is 16.4. The molecular weight excluding hydrogens is 202 g/mol. The number of rotatable bonds is 2. The largest absolute Gasteiger partial charge is 0.465 e. The predicted molar refractivity (Wildman–Crippen MR) is 64.7 cm³/mol. The van der Waals surface area contributed by atoms with Gasteiger partial charge in [-0.2, -0.15) is 0 Å². The summed E-state index contributed by atoms with van der Waals surface area (Å²) in [7, 11) is 0. The van der Waals surface area contributed by atoms with E-state index in [1.54, 1.807) is 0 Å². The van der Waals surface area contributed by atoms with Crippen molar-refractivity contribution in [1.29, 1.82) is 0 Å². The van der Waals surface area contributed by atoms with E-state index in [4.69, 9.17) is 5.11 Å². The monoisotopic (exact) mass is 221 g/mol. The van der Waals surface area contributed by atoms with E-state index >= 15 is 0 Å². The first kappa shape index (κ1) is 12.6. The highest BCUT2D eigenvalue weighted by Gasteiger charge is 2.14. The van der Waals surface area contributed by atoms with Crippen LogP contribution in [0.1, 0.15) is 37.5 Å². The molecule has 0 aliphatic heterocycles. The van der Waals surface area contributed by atoms with Gasteiger partial charge in [-0.3, -0.25) is 0 Å². The highest BCUT2D eigenvalue weighted by Crippen LogP contribution is 2.24. The predicted octanol–water partition coefficient (Wildman–Crippen LogP) is 3.06. The van der Waals surface area contributed by atoms with Gasteiger partial charge in [-0.1, -0.05) is 39.0 Å². The molecule has 0 aliphatic carbocycles. The van der Waals surface area contributed by atoms with Crippen LogP contribution < -0.4 is 5.32 Å². The van der Waals surface area contributed by atoms with Gasteiger partial charge < -0.3 is 10.4 Å². The molecule has 0 unspecified atom stereocenters. The Labute approximate surface area is 96.5 Å². The summed E-state index contributed by atoms with van der Waals surface area (Å²) < 4.78 is 0. The number of hydrogen-bond acceptors (Lipinski definition) is 1. The molecule has 0 bridgehead atoms. The van der Waals surface area contributed by atoms with Crippen LogP contribution in [0.15, 0.2) is 18.2 Å². The van der Waals surface area contributed by atoms with E-state index in [-0.39, 0.29) is 5.41 Å². The lowest BCUT2D eigenvalue weighted by molar-refractivity contribution is 0.194. The van der Waals surface area contributed by atoms with Gasteiger partial charge in [0, 0.05) is 6.54 Å². The minimum Gasteiger partial charge on any atom is -0.465 e. The van der Waals surface area contributed by atoms with Crippen molar-refractivity contribution in [2.45, 2.75) is 39.7 Å². The molecule has 16 heavy (non-hydrogen) atoms. The van der Waals surface area contributed by atoms with Gasteiger partial charge in [0.15, 0.2) is 0 Å². The number of aryl methyl sites for hydroxylation is 1. The van der Waals surface area contributed by atoms with Crippen molar-refractivity contribution in [3.8, 4) is 0 Å². The summed E-state index contributed by atoms with van der Waals surface area (Å²) in [6.45, 7) is 8.87. The topological polar surface area (TPSA) is 49.3 Å². The van der Waals surface area contributed by atoms with E-state index in [0.717, 1.165) is 11.1 Å². The summed E-state index contributed by atoms with van der Waals surface area (Å²) >= 11 is 0. The molecule has 0 saturated carbocycles. The van der Waals surface area contributed by atoms with Gasteiger partial charge in [0.2, 0.25) is 0 Å². The lowest BCUT2D eigenvalue weighted by atomic mass is 9.85. The molecule has 1 rings (SSSR count). The Kier molecular flexibility index (Phi) is 3.58. The molecule has 0 spiro atoms. The van der Waals surface area contributed by atoms with Crippen LogP contribution in [0.4, 0.5) is 4.79 Å². The van der Waals surface area contributed by atoms with Crippen molar-refractivity contribution in [2.24, 2.45) is 0 Å². The summed E-state index contributed by atoms with van der Waals surface area (Å²) in [5.41, 5.74) is 3.55. The fourth-order valence-corrected chi connectivity index (χ4v) is 1.53. The second kappa shape index (κ2) is 4.56. The van der Waals surface area contributed by atoms with Crippen LogP contribution in [-0.2, 0) is 12.0 Å². The zero-order valence-electron chi connectivity index (χ0n) is 10.3. The van der Waals surface area contributed by atoms with Crippen LogP contribution in [0.5, 0.6) is 0 Å². The van der Waals surface area contributed by atoms with Gasteiger partial charge in [0.05, 0.1) is 0 Å². The lowest BCUT2D eigenvalue weighted by Gasteiger charge is -2.20. The molecule has 0 radical (unpaired) electrons. The number of carbonyl (C=O) groups is 1. The number of carboxylic acid groups (broad SMARTS) is 1. The maximum Gasteiger partial charge on any atom is 0.404 e. The normalized spacial score (nSPS) is 11.2. The van der Waals surface area contributed by atoms with Crippen molar-refractivity contribution >= 4 is 6.09 Å². The first-order chi connectivity index (χ1) is 7.30. The van der Waals surface area contributed by atoms with Gasteiger partial charge in [0.25, 0.3) is 0 Å².